The Morgan fingerprint density at radius 1 is 1.00 bits per heavy atom. The second-order valence-corrected chi connectivity index (χ2v) is 9.16. The van der Waals surface area contributed by atoms with Crippen LogP contribution in [0.3, 0.4) is 0 Å². The molecule has 1 aliphatic heterocycles. The van der Waals surface area contributed by atoms with Gasteiger partial charge in [0.1, 0.15) is 0 Å². The summed E-state index contributed by atoms with van der Waals surface area (Å²) in [5, 5.41) is 11.3. The molecule has 3 aromatic carbocycles. The lowest BCUT2D eigenvalue weighted by molar-refractivity contribution is -0.137. The van der Waals surface area contributed by atoms with Gasteiger partial charge in [0.2, 0.25) is 0 Å². The lowest BCUT2D eigenvalue weighted by Gasteiger charge is -2.23. The lowest BCUT2D eigenvalue weighted by Crippen LogP contribution is -2.25. The molecule has 1 atom stereocenters. The number of alkyl halides is 3. The Hall–Kier alpha value is -3.07. The SMILES string of the molecule is C/C(=N/OC(=O)c1ccc(Cl)cc1)N1N=C(c2ccc(Cl)cc2Cl)CC1c1ccc(C(F)(F)F)cc1. The summed E-state index contributed by atoms with van der Waals surface area (Å²) in [4.78, 5) is 17.4. The second-order valence-electron chi connectivity index (χ2n) is 7.88. The standard InChI is InChI=1S/C25H17Cl3F3N3O2/c1-14(33-36-24(35)16-4-8-18(26)9-5-16)34-23(15-2-6-17(7-3-15)25(29,30)31)13-22(32-34)20-11-10-19(27)12-21(20)28/h2-12,23H,13H2,1H3/b33-14-. The van der Waals surface area contributed by atoms with E-state index in [4.69, 9.17) is 39.6 Å². The van der Waals surface area contributed by atoms with Crippen LogP contribution < -0.4 is 0 Å². The van der Waals surface area contributed by atoms with Crippen LogP contribution >= 0.6 is 34.8 Å². The zero-order valence-electron chi connectivity index (χ0n) is 18.6. The molecule has 36 heavy (non-hydrogen) atoms. The van der Waals surface area contributed by atoms with E-state index in [1.165, 1.54) is 29.3 Å². The van der Waals surface area contributed by atoms with Gasteiger partial charge >= 0.3 is 12.1 Å². The van der Waals surface area contributed by atoms with Gasteiger partial charge in [-0.1, -0.05) is 58.2 Å². The quantitative estimate of drug-likeness (QED) is 0.142. The van der Waals surface area contributed by atoms with Gasteiger partial charge in [-0.2, -0.15) is 18.3 Å². The molecule has 5 nitrogen and oxygen atoms in total. The first-order chi connectivity index (χ1) is 17.0. The minimum Gasteiger partial charge on any atom is -0.311 e. The third-order valence-electron chi connectivity index (χ3n) is 5.45. The number of hydrogen-bond acceptors (Lipinski definition) is 4. The van der Waals surface area contributed by atoms with Crippen LogP contribution in [0, 0.1) is 0 Å². The summed E-state index contributed by atoms with van der Waals surface area (Å²) < 4.78 is 39.2. The maximum Gasteiger partial charge on any atom is 0.416 e. The number of carbonyl (C=O) groups excluding carboxylic acids is 1. The van der Waals surface area contributed by atoms with E-state index in [9.17, 15) is 18.0 Å². The van der Waals surface area contributed by atoms with Crippen molar-refractivity contribution in [3.05, 3.63) is 104 Å². The Balaban J connectivity index is 1.65. The van der Waals surface area contributed by atoms with E-state index >= 15 is 0 Å². The summed E-state index contributed by atoms with van der Waals surface area (Å²) in [6, 6.07) is 15.3. The average molecular weight is 555 g/mol. The van der Waals surface area contributed by atoms with Crippen molar-refractivity contribution in [3.8, 4) is 0 Å². The molecule has 1 aliphatic rings. The highest BCUT2D eigenvalue weighted by molar-refractivity contribution is 6.37. The van der Waals surface area contributed by atoms with Crippen molar-refractivity contribution in [2.45, 2.75) is 25.6 Å². The number of halogens is 6. The first kappa shape index (κ1) is 26.0. The number of nitrogens with zero attached hydrogens (tertiary/aromatic N) is 3. The van der Waals surface area contributed by atoms with Gasteiger partial charge in [0.05, 0.1) is 27.9 Å². The highest BCUT2D eigenvalue weighted by atomic mass is 35.5. The van der Waals surface area contributed by atoms with Gasteiger partial charge in [0.15, 0.2) is 5.84 Å². The maximum atomic E-state index is 13.1. The fourth-order valence-electron chi connectivity index (χ4n) is 3.64. The molecule has 0 bridgehead atoms. The summed E-state index contributed by atoms with van der Waals surface area (Å²) in [5.74, 6) is -0.497. The van der Waals surface area contributed by atoms with Crippen LogP contribution in [-0.2, 0) is 11.0 Å². The van der Waals surface area contributed by atoms with Gasteiger partial charge < -0.3 is 4.84 Å². The number of rotatable bonds is 4. The minimum absolute atomic E-state index is 0.210. The van der Waals surface area contributed by atoms with Gasteiger partial charge in [-0.15, -0.1) is 0 Å². The van der Waals surface area contributed by atoms with E-state index in [0.29, 0.717) is 38.3 Å². The normalized spacial score (nSPS) is 16.2. The van der Waals surface area contributed by atoms with Crippen molar-refractivity contribution in [2.75, 3.05) is 0 Å². The third kappa shape index (κ3) is 5.83. The van der Waals surface area contributed by atoms with Crippen LogP contribution in [0.2, 0.25) is 15.1 Å². The molecule has 0 amide bonds. The third-order valence-corrected chi connectivity index (χ3v) is 6.25. The van der Waals surface area contributed by atoms with E-state index in [1.54, 1.807) is 37.3 Å². The molecule has 186 valence electrons. The molecule has 1 heterocycles. The summed E-state index contributed by atoms with van der Waals surface area (Å²) in [6.07, 6.45) is -4.15. The molecule has 0 radical (unpaired) electrons. The van der Waals surface area contributed by atoms with E-state index in [2.05, 4.69) is 10.3 Å². The Bertz CT molecular complexity index is 1340. The van der Waals surface area contributed by atoms with Gasteiger partial charge in [-0.05, 0) is 61.0 Å². The largest absolute Gasteiger partial charge is 0.416 e. The van der Waals surface area contributed by atoms with Crippen LogP contribution in [-0.4, -0.2) is 22.5 Å². The lowest BCUT2D eigenvalue weighted by atomic mass is 9.97. The molecule has 0 saturated heterocycles. The zero-order valence-corrected chi connectivity index (χ0v) is 20.8. The predicted octanol–water partition coefficient (Wildman–Crippen LogP) is 8.01. The summed E-state index contributed by atoms with van der Waals surface area (Å²) in [7, 11) is 0. The molecular weight excluding hydrogens is 538 g/mol. The number of hydrazone groups is 1. The predicted molar refractivity (Wildman–Crippen MR) is 134 cm³/mol. The summed E-state index contributed by atoms with van der Waals surface area (Å²) in [5.41, 5.74) is 1.23. The van der Waals surface area contributed by atoms with Gasteiger partial charge in [0.25, 0.3) is 0 Å². The number of hydrogen-bond donors (Lipinski definition) is 0. The molecule has 0 fully saturated rings. The van der Waals surface area contributed by atoms with Crippen LogP contribution in [0.5, 0.6) is 0 Å². The van der Waals surface area contributed by atoms with Crippen molar-refractivity contribution < 1.29 is 22.8 Å². The van der Waals surface area contributed by atoms with Crippen LogP contribution in [0.1, 0.15) is 46.4 Å². The topological polar surface area (TPSA) is 54.3 Å². The van der Waals surface area contributed by atoms with E-state index in [-0.39, 0.29) is 11.4 Å². The van der Waals surface area contributed by atoms with Crippen molar-refractivity contribution >= 4 is 52.3 Å². The Morgan fingerprint density at radius 2 is 1.64 bits per heavy atom. The number of amidine groups is 1. The number of carbonyl (C=O) groups is 1. The second kappa shape index (κ2) is 10.5. The molecule has 0 saturated carbocycles. The molecular formula is C25H17Cl3F3N3O2. The van der Waals surface area contributed by atoms with Crippen LogP contribution in [0.15, 0.2) is 77.0 Å². The van der Waals surface area contributed by atoms with Crippen LogP contribution in [0.25, 0.3) is 0 Å². The summed E-state index contributed by atoms with van der Waals surface area (Å²) >= 11 is 18.2. The first-order valence-electron chi connectivity index (χ1n) is 10.5. The Kier molecular flexibility index (Phi) is 7.59. The molecule has 0 N–H and O–H groups in total. The van der Waals surface area contributed by atoms with Crippen molar-refractivity contribution in [3.63, 3.8) is 0 Å². The first-order valence-corrected chi connectivity index (χ1v) is 11.7. The Labute approximate surface area is 219 Å². The zero-order chi connectivity index (χ0) is 26.0. The minimum atomic E-state index is -4.46. The van der Waals surface area contributed by atoms with E-state index in [1.807, 2.05) is 0 Å². The molecule has 11 heteroatoms. The van der Waals surface area contributed by atoms with Gasteiger partial charge in [-0.25, -0.2) is 9.80 Å². The molecule has 0 aromatic heterocycles. The summed E-state index contributed by atoms with van der Waals surface area (Å²) in [6.45, 7) is 1.57. The fraction of sp³-hybridized carbons (Fsp3) is 0.160. The van der Waals surface area contributed by atoms with Crippen molar-refractivity contribution in [1.29, 1.82) is 0 Å². The van der Waals surface area contributed by atoms with Gasteiger partial charge in [0, 0.05) is 22.0 Å². The van der Waals surface area contributed by atoms with Crippen molar-refractivity contribution in [1.82, 2.24) is 5.01 Å². The highest BCUT2D eigenvalue weighted by Gasteiger charge is 2.34. The van der Waals surface area contributed by atoms with Gasteiger partial charge in [-0.3, -0.25) is 0 Å². The molecule has 4 rings (SSSR count). The average Bonchev–Trinajstić information content (AvgIpc) is 3.27. The molecule has 3 aromatic rings. The van der Waals surface area contributed by atoms with Crippen LogP contribution in [0.4, 0.5) is 13.2 Å². The van der Waals surface area contributed by atoms with E-state index in [0.717, 1.165) is 12.1 Å². The monoisotopic (exact) mass is 553 g/mol. The highest BCUT2D eigenvalue weighted by Crippen LogP contribution is 2.37. The number of benzene rings is 3. The number of oxime groups is 1. The molecule has 0 aliphatic carbocycles. The maximum absolute atomic E-state index is 13.1. The van der Waals surface area contributed by atoms with E-state index < -0.39 is 23.8 Å². The van der Waals surface area contributed by atoms with Crippen molar-refractivity contribution in [2.24, 2.45) is 10.3 Å². The Morgan fingerprint density at radius 3 is 2.25 bits per heavy atom. The smallest absolute Gasteiger partial charge is 0.311 e. The fourth-order valence-corrected chi connectivity index (χ4v) is 4.28. The molecule has 0 spiro atoms. The molecule has 1 unspecified atom stereocenters.